The molecule has 0 radical (unpaired) electrons. The Bertz CT molecular complexity index is 1200. The summed E-state index contributed by atoms with van der Waals surface area (Å²) < 4.78 is 7.48. The Morgan fingerprint density at radius 1 is 0.933 bits per heavy atom. The van der Waals surface area contributed by atoms with Gasteiger partial charge >= 0.3 is 0 Å². The van der Waals surface area contributed by atoms with Crippen LogP contribution in [-0.2, 0) is 13.0 Å². The van der Waals surface area contributed by atoms with Crippen molar-refractivity contribution in [1.29, 1.82) is 0 Å². The molecule has 0 amide bonds. The van der Waals surface area contributed by atoms with E-state index in [0.717, 1.165) is 40.5 Å². The molecule has 0 aliphatic heterocycles. The molecule has 0 atom stereocenters. The molecule has 0 spiro atoms. The maximum absolute atomic E-state index is 6.28. The van der Waals surface area contributed by atoms with Crippen molar-refractivity contribution >= 4 is 40.2 Å². The highest BCUT2D eigenvalue weighted by Crippen LogP contribution is 2.29. The monoisotopic (exact) mass is 454 g/mol. The molecular formula is C24H20Cl2N2OS. The number of benzene rings is 3. The molecule has 4 aromatic rings. The van der Waals surface area contributed by atoms with E-state index in [9.17, 15) is 0 Å². The summed E-state index contributed by atoms with van der Waals surface area (Å²) in [6.45, 7) is 0.804. The Balaban J connectivity index is 1.75. The highest BCUT2D eigenvalue weighted by Gasteiger charge is 2.10. The largest absolute Gasteiger partial charge is 0.497 e. The molecular weight excluding hydrogens is 435 g/mol. The number of methoxy groups -OCH3 is 1. The Labute approximate surface area is 189 Å². The third-order valence-corrected chi connectivity index (χ3v) is 6.38. The zero-order valence-corrected chi connectivity index (χ0v) is 18.7. The lowest BCUT2D eigenvalue weighted by Gasteiger charge is -2.10. The number of ether oxygens (including phenoxy) is 1. The third-order valence-electron chi connectivity index (χ3n) is 4.78. The fraction of sp³-hybridized carbons (Fsp3) is 0.125. The number of rotatable bonds is 6. The molecule has 0 N–H and O–H groups in total. The summed E-state index contributed by atoms with van der Waals surface area (Å²) in [7, 11) is 1.66. The molecule has 3 nitrogen and oxygen atoms in total. The van der Waals surface area contributed by atoms with Gasteiger partial charge in [-0.1, -0.05) is 59.6 Å². The smallest absolute Gasteiger partial charge is 0.190 e. The van der Waals surface area contributed by atoms with Crippen molar-refractivity contribution in [2.45, 2.75) is 13.0 Å². The van der Waals surface area contributed by atoms with Crippen LogP contribution in [-0.4, -0.2) is 11.7 Å². The van der Waals surface area contributed by atoms with Gasteiger partial charge in [-0.3, -0.25) is 0 Å². The van der Waals surface area contributed by atoms with Gasteiger partial charge in [0.15, 0.2) is 4.80 Å². The van der Waals surface area contributed by atoms with E-state index < -0.39 is 0 Å². The molecule has 152 valence electrons. The average molecular weight is 455 g/mol. The standard InChI is InChI=1S/C24H20Cl2N2OS/c1-29-20-10-8-19(9-11-20)27-24-28(14-13-17-5-3-2-4-6-17)23(16-30-24)18-7-12-21(25)22(26)15-18/h2-12,15-16H,13-14H2,1H3. The van der Waals surface area contributed by atoms with Gasteiger partial charge < -0.3 is 9.30 Å². The number of nitrogens with zero attached hydrogens (tertiary/aromatic N) is 2. The summed E-state index contributed by atoms with van der Waals surface area (Å²) in [6.07, 6.45) is 0.904. The van der Waals surface area contributed by atoms with Crippen molar-refractivity contribution in [2.24, 2.45) is 4.99 Å². The number of halogens is 2. The van der Waals surface area contributed by atoms with Crippen LogP contribution in [0.2, 0.25) is 10.0 Å². The van der Waals surface area contributed by atoms with Crippen molar-refractivity contribution < 1.29 is 4.74 Å². The summed E-state index contributed by atoms with van der Waals surface area (Å²) >= 11 is 14.0. The van der Waals surface area contributed by atoms with E-state index >= 15 is 0 Å². The van der Waals surface area contributed by atoms with Gasteiger partial charge in [-0.25, -0.2) is 4.99 Å². The molecule has 0 bridgehead atoms. The number of hydrogen-bond donors (Lipinski definition) is 0. The van der Waals surface area contributed by atoms with Gasteiger partial charge in [-0.2, -0.15) is 0 Å². The van der Waals surface area contributed by atoms with Crippen LogP contribution in [0.25, 0.3) is 11.3 Å². The van der Waals surface area contributed by atoms with Gasteiger partial charge in [0.25, 0.3) is 0 Å². The second kappa shape index (κ2) is 9.52. The maximum atomic E-state index is 6.28. The first-order valence-electron chi connectivity index (χ1n) is 9.50. The summed E-state index contributed by atoms with van der Waals surface area (Å²) in [4.78, 5) is 5.81. The van der Waals surface area contributed by atoms with Crippen LogP contribution < -0.4 is 9.54 Å². The molecule has 0 aliphatic rings. The molecule has 0 saturated carbocycles. The van der Waals surface area contributed by atoms with Crippen molar-refractivity contribution in [1.82, 2.24) is 4.57 Å². The van der Waals surface area contributed by atoms with Crippen LogP contribution in [0.1, 0.15) is 5.56 Å². The summed E-state index contributed by atoms with van der Waals surface area (Å²) in [5.41, 5.74) is 4.25. The zero-order valence-electron chi connectivity index (χ0n) is 16.4. The summed E-state index contributed by atoms with van der Waals surface area (Å²) in [5, 5.41) is 3.21. The lowest BCUT2D eigenvalue weighted by atomic mass is 10.1. The Kier molecular flexibility index (Phi) is 6.58. The van der Waals surface area contributed by atoms with Crippen LogP contribution in [0.4, 0.5) is 5.69 Å². The molecule has 0 unspecified atom stereocenters. The first-order chi connectivity index (χ1) is 14.6. The molecule has 1 aromatic heterocycles. The predicted octanol–water partition coefficient (Wildman–Crippen LogP) is 7.01. The predicted molar refractivity (Wildman–Crippen MR) is 126 cm³/mol. The number of thiazole rings is 1. The van der Waals surface area contributed by atoms with E-state index in [1.54, 1.807) is 18.4 Å². The Morgan fingerprint density at radius 3 is 2.40 bits per heavy atom. The fourth-order valence-corrected chi connectivity index (χ4v) is 4.43. The Hall–Kier alpha value is -2.53. The Morgan fingerprint density at radius 2 is 1.70 bits per heavy atom. The fourth-order valence-electron chi connectivity index (χ4n) is 3.17. The van der Waals surface area contributed by atoms with E-state index in [1.165, 1.54) is 5.56 Å². The van der Waals surface area contributed by atoms with Crippen LogP contribution in [0.3, 0.4) is 0 Å². The van der Waals surface area contributed by atoms with Crippen molar-refractivity contribution in [3.8, 4) is 17.0 Å². The maximum Gasteiger partial charge on any atom is 0.190 e. The van der Waals surface area contributed by atoms with E-state index in [1.807, 2.05) is 48.5 Å². The van der Waals surface area contributed by atoms with E-state index in [-0.39, 0.29) is 0 Å². The molecule has 3 aromatic carbocycles. The molecule has 6 heteroatoms. The lowest BCUT2D eigenvalue weighted by molar-refractivity contribution is 0.415. The van der Waals surface area contributed by atoms with Gasteiger partial charge in [-0.15, -0.1) is 11.3 Å². The van der Waals surface area contributed by atoms with Gasteiger partial charge in [0.2, 0.25) is 0 Å². The minimum atomic E-state index is 0.545. The van der Waals surface area contributed by atoms with E-state index in [4.69, 9.17) is 32.9 Å². The first kappa shape index (κ1) is 20.7. The van der Waals surface area contributed by atoms with Crippen molar-refractivity contribution in [2.75, 3.05) is 7.11 Å². The normalized spacial score (nSPS) is 11.6. The lowest BCUT2D eigenvalue weighted by Crippen LogP contribution is -2.17. The zero-order chi connectivity index (χ0) is 20.9. The van der Waals surface area contributed by atoms with Crippen LogP contribution >= 0.6 is 34.5 Å². The molecule has 1 heterocycles. The molecule has 0 fully saturated rings. The first-order valence-corrected chi connectivity index (χ1v) is 11.1. The van der Waals surface area contributed by atoms with Gasteiger partial charge in [-0.05, 0) is 48.4 Å². The highest BCUT2D eigenvalue weighted by molar-refractivity contribution is 7.07. The van der Waals surface area contributed by atoms with Gasteiger partial charge in [0.1, 0.15) is 5.75 Å². The minimum absolute atomic E-state index is 0.545. The second-order valence-electron chi connectivity index (χ2n) is 6.73. The summed E-state index contributed by atoms with van der Waals surface area (Å²) in [6, 6.07) is 23.9. The second-order valence-corrected chi connectivity index (χ2v) is 8.38. The highest BCUT2D eigenvalue weighted by atomic mass is 35.5. The molecule has 0 saturated heterocycles. The third kappa shape index (κ3) is 4.78. The van der Waals surface area contributed by atoms with Crippen molar-refractivity contribution in [3.63, 3.8) is 0 Å². The quantitative estimate of drug-likeness (QED) is 0.307. The molecule has 4 rings (SSSR count). The number of aromatic nitrogens is 1. The van der Waals surface area contributed by atoms with Crippen molar-refractivity contribution in [3.05, 3.63) is 98.6 Å². The van der Waals surface area contributed by atoms with E-state index in [0.29, 0.717) is 10.0 Å². The topological polar surface area (TPSA) is 26.5 Å². The van der Waals surface area contributed by atoms with E-state index in [2.05, 4.69) is 34.2 Å². The minimum Gasteiger partial charge on any atom is -0.497 e. The van der Waals surface area contributed by atoms with Gasteiger partial charge in [0.05, 0.1) is 28.5 Å². The SMILES string of the molecule is COc1ccc(N=c2scc(-c3ccc(Cl)c(Cl)c3)n2CCc2ccccc2)cc1. The molecule has 0 aliphatic carbocycles. The summed E-state index contributed by atoms with van der Waals surface area (Å²) in [5.74, 6) is 0.813. The van der Waals surface area contributed by atoms with Gasteiger partial charge in [0, 0.05) is 17.5 Å². The van der Waals surface area contributed by atoms with Crippen LogP contribution in [0, 0.1) is 0 Å². The van der Waals surface area contributed by atoms with Crippen LogP contribution in [0.15, 0.2) is 83.2 Å². The molecule has 30 heavy (non-hydrogen) atoms. The number of hydrogen-bond acceptors (Lipinski definition) is 3. The average Bonchev–Trinajstić information content (AvgIpc) is 3.17. The number of aryl methyl sites for hydroxylation is 1. The van der Waals surface area contributed by atoms with Crippen LogP contribution in [0.5, 0.6) is 5.75 Å².